The van der Waals surface area contributed by atoms with Crippen LogP contribution in [0.5, 0.6) is 0 Å². The number of carbonyl (C=O) groups is 1. The van der Waals surface area contributed by atoms with Gasteiger partial charge in [0.1, 0.15) is 4.21 Å². The average molecular weight is 466 g/mol. The number of sulfonamides is 1. The fourth-order valence-electron chi connectivity index (χ4n) is 3.12. The van der Waals surface area contributed by atoms with Crippen LogP contribution in [-0.4, -0.2) is 21.0 Å². The van der Waals surface area contributed by atoms with Crippen molar-refractivity contribution < 1.29 is 17.9 Å². The molecule has 0 fully saturated rings. The van der Waals surface area contributed by atoms with Gasteiger partial charge in [-0.25, -0.2) is 13.2 Å². The molecular weight excluding hydrogens is 442 g/mol. The second-order valence-electron chi connectivity index (χ2n) is 7.04. The van der Waals surface area contributed by atoms with Gasteiger partial charge in [-0.15, -0.1) is 11.3 Å². The van der Waals surface area contributed by atoms with Crippen molar-refractivity contribution in [1.82, 2.24) is 0 Å². The summed E-state index contributed by atoms with van der Waals surface area (Å²) in [5.41, 5.74) is 1.27. The first-order valence-corrected chi connectivity index (χ1v) is 12.5. The first-order chi connectivity index (χ1) is 14.3. The van der Waals surface area contributed by atoms with Crippen molar-refractivity contribution in [2.24, 2.45) is 0 Å². The summed E-state index contributed by atoms with van der Waals surface area (Å²) in [6.45, 7) is 4.24. The van der Waals surface area contributed by atoms with Crippen LogP contribution in [0.15, 0.2) is 46.7 Å². The molecule has 0 radical (unpaired) electrons. The lowest BCUT2D eigenvalue weighted by Crippen LogP contribution is -2.13. The van der Waals surface area contributed by atoms with Crippen molar-refractivity contribution in [3.8, 4) is 0 Å². The highest BCUT2D eigenvalue weighted by Crippen LogP contribution is 2.36. The molecule has 8 heteroatoms. The minimum atomic E-state index is -3.82. The summed E-state index contributed by atoms with van der Waals surface area (Å²) in [6, 6.07) is 11.6. The first kappa shape index (κ1) is 22.6. The van der Waals surface area contributed by atoms with Gasteiger partial charge in [-0.1, -0.05) is 43.9 Å². The SMILES string of the molecule is CCCCCCOC(=O)c1cccc(NS(=O)(=O)c2sc3ccc(Cl)cc3c2C)c1. The summed E-state index contributed by atoms with van der Waals surface area (Å²) >= 11 is 7.23. The predicted molar refractivity (Wildman–Crippen MR) is 123 cm³/mol. The molecule has 3 rings (SSSR count). The number of hydrogen-bond acceptors (Lipinski definition) is 5. The van der Waals surface area contributed by atoms with Crippen LogP contribution in [0.3, 0.4) is 0 Å². The van der Waals surface area contributed by atoms with Crippen molar-refractivity contribution in [1.29, 1.82) is 0 Å². The topological polar surface area (TPSA) is 72.5 Å². The summed E-state index contributed by atoms with van der Waals surface area (Å²) < 4.78 is 34.9. The molecule has 30 heavy (non-hydrogen) atoms. The number of unbranched alkanes of at least 4 members (excludes halogenated alkanes) is 3. The van der Waals surface area contributed by atoms with Crippen LogP contribution in [0, 0.1) is 6.92 Å². The van der Waals surface area contributed by atoms with Crippen molar-refractivity contribution in [3.63, 3.8) is 0 Å². The normalized spacial score (nSPS) is 11.6. The Morgan fingerprint density at radius 3 is 2.70 bits per heavy atom. The van der Waals surface area contributed by atoms with E-state index in [2.05, 4.69) is 11.6 Å². The molecule has 0 saturated heterocycles. The molecule has 1 N–H and O–H groups in total. The number of ether oxygens (including phenoxy) is 1. The molecule has 1 heterocycles. The van der Waals surface area contributed by atoms with Gasteiger partial charge in [0.15, 0.2) is 0 Å². The maximum absolute atomic E-state index is 13.0. The summed E-state index contributed by atoms with van der Waals surface area (Å²) in [4.78, 5) is 12.3. The Morgan fingerprint density at radius 2 is 1.93 bits per heavy atom. The van der Waals surface area contributed by atoms with Crippen molar-refractivity contribution in [2.75, 3.05) is 11.3 Å². The second-order valence-corrected chi connectivity index (χ2v) is 10.4. The van der Waals surface area contributed by atoms with Gasteiger partial charge in [0.25, 0.3) is 10.0 Å². The first-order valence-electron chi connectivity index (χ1n) is 9.80. The van der Waals surface area contributed by atoms with E-state index in [9.17, 15) is 13.2 Å². The molecule has 0 atom stereocenters. The summed E-state index contributed by atoms with van der Waals surface area (Å²) in [6.07, 6.45) is 4.06. The average Bonchev–Trinajstić information content (AvgIpc) is 3.04. The molecule has 0 unspecified atom stereocenters. The molecule has 0 saturated carbocycles. The zero-order valence-electron chi connectivity index (χ0n) is 16.9. The molecule has 0 bridgehead atoms. The molecule has 3 aromatic rings. The molecule has 1 aromatic heterocycles. The van der Waals surface area contributed by atoms with E-state index in [1.165, 1.54) is 17.4 Å². The van der Waals surface area contributed by atoms with Gasteiger partial charge >= 0.3 is 5.97 Å². The largest absolute Gasteiger partial charge is 0.462 e. The zero-order chi connectivity index (χ0) is 21.7. The predicted octanol–water partition coefficient (Wildman–Crippen LogP) is 6.40. The quantitative estimate of drug-likeness (QED) is 0.293. The van der Waals surface area contributed by atoms with Gasteiger partial charge < -0.3 is 4.74 Å². The third-order valence-corrected chi connectivity index (χ3v) is 8.19. The van der Waals surface area contributed by atoms with Gasteiger partial charge in [0, 0.05) is 15.4 Å². The summed E-state index contributed by atoms with van der Waals surface area (Å²) in [5, 5.41) is 1.37. The van der Waals surface area contributed by atoms with Crippen LogP contribution in [0.2, 0.25) is 5.02 Å². The minimum absolute atomic E-state index is 0.226. The molecule has 0 aliphatic rings. The maximum atomic E-state index is 13.0. The Kier molecular flexibility index (Phi) is 7.39. The lowest BCUT2D eigenvalue weighted by molar-refractivity contribution is 0.0498. The Balaban J connectivity index is 1.75. The number of nitrogens with one attached hydrogen (secondary N) is 1. The van der Waals surface area contributed by atoms with Gasteiger partial charge in [-0.05, 0) is 60.7 Å². The van der Waals surface area contributed by atoms with E-state index >= 15 is 0 Å². The second kappa shape index (κ2) is 9.81. The van der Waals surface area contributed by atoms with Gasteiger partial charge in [0.2, 0.25) is 0 Å². The van der Waals surface area contributed by atoms with Crippen LogP contribution in [0.25, 0.3) is 10.1 Å². The highest BCUT2D eigenvalue weighted by atomic mass is 35.5. The summed E-state index contributed by atoms with van der Waals surface area (Å²) in [5.74, 6) is -0.458. The maximum Gasteiger partial charge on any atom is 0.338 e. The number of rotatable bonds is 9. The number of hydrogen-bond donors (Lipinski definition) is 1. The highest BCUT2D eigenvalue weighted by molar-refractivity contribution is 7.94. The number of esters is 1. The van der Waals surface area contributed by atoms with Crippen molar-refractivity contribution >= 4 is 54.7 Å². The molecule has 2 aromatic carbocycles. The molecule has 5 nitrogen and oxygen atoms in total. The Hall–Kier alpha value is -2.09. The lowest BCUT2D eigenvalue weighted by Gasteiger charge is -2.09. The molecule has 0 aliphatic carbocycles. The van der Waals surface area contributed by atoms with Crippen LogP contribution >= 0.6 is 22.9 Å². The lowest BCUT2D eigenvalue weighted by atomic mass is 10.2. The fraction of sp³-hybridized carbons (Fsp3) is 0.318. The van der Waals surface area contributed by atoms with Gasteiger partial charge in [0.05, 0.1) is 12.2 Å². The van der Waals surface area contributed by atoms with E-state index in [1.54, 1.807) is 37.3 Å². The van der Waals surface area contributed by atoms with Crippen molar-refractivity contribution in [2.45, 2.75) is 43.7 Å². The zero-order valence-corrected chi connectivity index (χ0v) is 19.3. The number of halogens is 1. The van der Waals surface area contributed by atoms with E-state index in [1.807, 2.05) is 6.07 Å². The van der Waals surface area contributed by atoms with E-state index in [0.717, 1.165) is 35.8 Å². The van der Waals surface area contributed by atoms with Crippen LogP contribution in [0.1, 0.15) is 48.5 Å². The van der Waals surface area contributed by atoms with Crippen LogP contribution in [0.4, 0.5) is 5.69 Å². The van der Waals surface area contributed by atoms with Crippen LogP contribution in [-0.2, 0) is 14.8 Å². The Bertz CT molecular complexity index is 1160. The number of fused-ring (bicyclic) bond motifs is 1. The molecule has 160 valence electrons. The number of aryl methyl sites for hydroxylation is 1. The van der Waals surface area contributed by atoms with Gasteiger partial charge in [-0.3, -0.25) is 4.72 Å². The monoisotopic (exact) mass is 465 g/mol. The Morgan fingerprint density at radius 1 is 1.13 bits per heavy atom. The number of carbonyl (C=O) groups excluding carboxylic acids is 1. The third-order valence-electron chi connectivity index (χ3n) is 4.68. The highest BCUT2D eigenvalue weighted by Gasteiger charge is 2.22. The molecule has 0 amide bonds. The smallest absolute Gasteiger partial charge is 0.338 e. The van der Waals surface area contributed by atoms with E-state index in [4.69, 9.17) is 16.3 Å². The fourth-order valence-corrected chi connectivity index (χ4v) is 6.08. The Labute approximate surface area is 186 Å². The van der Waals surface area contributed by atoms with Crippen LogP contribution < -0.4 is 4.72 Å². The molecule has 0 spiro atoms. The van der Waals surface area contributed by atoms with E-state index in [-0.39, 0.29) is 4.21 Å². The number of benzene rings is 2. The standard InChI is InChI=1S/C22H24ClNO4S2/c1-3-4-5-6-12-28-21(25)16-8-7-9-18(13-16)24-30(26,27)22-15(2)19-14-17(23)10-11-20(19)29-22/h7-11,13-14,24H,3-6,12H2,1-2H3. The third kappa shape index (κ3) is 5.33. The van der Waals surface area contributed by atoms with E-state index < -0.39 is 16.0 Å². The molecular formula is C22H24ClNO4S2. The van der Waals surface area contributed by atoms with Crippen molar-refractivity contribution in [3.05, 3.63) is 58.6 Å². The van der Waals surface area contributed by atoms with Gasteiger partial charge in [-0.2, -0.15) is 0 Å². The number of thiophene rings is 1. The summed E-state index contributed by atoms with van der Waals surface area (Å²) in [7, 11) is -3.82. The number of anilines is 1. The van der Waals surface area contributed by atoms with E-state index in [0.29, 0.717) is 28.4 Å². The molecule has 0 aliphatic heterocycles. The minimum Gasteiger partial charge on any atom is -0.462 e.